The maximum absolute atomic E-state index is 13.0. The van der Waals surface area contributed by atoms with Crippen molar-refractivity contribution in [3.63, 3.8) is 0 Å². The molecule has 0 aliphatic heterocycles. The highest BCUT2D eigenvalue weighted by Crippen LogP contribution is 2.31. The van der Waals surface area contributed by atoms with E-state index < -0.39 is 0 Å². The van der Waals surface area contributed by atoms with E-state index in [1.54, 1.807) is 11.8 Å². The van der Waals surface area contributed by atoms with E-state index in [-0.39, 0.29) is 5.82 Å². The summed E-state index contributed by atoms with van der Waals surface area (Å²) in [5.41, 5.74) is 2.56. The Hall–Kier alpha value is -1.32. The molecule has 0 aliphatic rings. The Labute approximate surface area is 131 Å². The number of nitrogens with one attached hydrogen (secondary N) is 1. The van der Waals surface area contributed by atoms with Crippen molar-refractivity contribution in [3.05, 3.63) is 59.4 Å². The van der Waals surface area contributed by atoms with Crippen LogP contribution in [0.5, 0.6) is 0 Å². The second-order valence-electron chi connectivity index (χ2n) is 5.69. The van der Waals surface area contributed by atoms with Gasteiger partial charge in [-0.15, -0.1) is 0 Å². The monoisotopic (exact) mass is 303 g/mol. The Morgan fingerprint density at radius 3 is 2.48 bits per heavy atom. The van der Waals surface area contributed by atoms with E-state index in [9.17, 15) is 4.39 Å². The van der Waals surface area contributed by atoms with Crippen molar-refractivity contribution in [1.82, 2.24) is 5.32 Å². The van der Waals surface area contributed by atoms with Gasteiger partial charge in [-0.1, -0.05) is 43.3 Å². The van der Waals surface area contributed by atoms with E-state index >= 15 is 0 Å². The highest BCUT2D eigenvalue weighted by Gasteiger charge is 2.06. The van der Waals surface area contributed by atoms with Crippen molar-refractivity contribution in [2.45, 2.75) is 37.1 Å². The molecular weight excluding hydrogens is 281 g/mol. The van der Waals surface area contributed by atoms with Gasteiger partial charge in [0.2, 0.25) is 0 Å². The zero-order valence-corrected chi connectivity index (χ0v) is 13.6. The fraction of sp³-hybridized carbons (Fsp3) is 0.333. The number of hydrogen-bond donors (Lipinski definition) is 1. The molecule has 0 saturated heterocycles. The minimum absolute atomic E-state index is 0.193. The lowest BCUT2D eigenvalue weighted by Crippen LogP contribution is -2.19. The van der Waals surface area contributed by atoms with E-state index in [2.05, 4.69) is 44.3 Å². The van der Waals surface area contributed by atoms with Gasteiger partial charge in [0.1, 0.15) is 5.82 Å². The molecule has 1 nitrogen and oxygen atoms in total. The molecular formula is C18H22FNS. The molecule has 112 valence electrons. The normalized spacial score (nSPS) is 11.1. The first kappa shape index (κ1) is 16.1. The topological polar surface area (TPSA) is 12.0 Å². The lowest BCUT2D eigenvalue weighted by atomic mass is 10.1. The number of hydrogen-bond acceptors (Lipinski definition) is 2. The molecule has 0 atom stereocenters. The molecule has 0 aromatic heterocycles. The van der Waals surface area contributed by atoms with Crippen LogP contribution in [-0.2, 0) is 6.54 Å². The van der Waals surface area contributed by atoms with E-state index in [0.717, 1.165) is 18.0 Å². The predicted octanol–water partition coefficient (Wildman–Crippen LogP) is 5.03. The fourth-order valence-corrected chi connectivity index (χ4v) is 3.00. The lowest BCUT2D eigenvalue weighted by Gasteiger charge is -2.12. The number of benzene rings is 2. The van der Waals surface area contributed by atoms with Crippen molar-refractivity contribution in [2.24, 2.45) is 5.92 Å². The Balaban J connectivity index is 2.12. The maximum Gasteiger partial charge on any atom is 0.123 e. The molecule has 2 aromatic rings. The SMILES string of the molecule is Cc1ccc(Sc2ccc(F)cc2)c(CNCC(C)C)c1. The first-order chi connectivity index (χ1) is 10.0. The summed E-state index contributed by atoms with van der Waals surface area (Å²) in [5.74, 6) is 0.449. The number of rotatable bonds is 6. The Bertz CT molecular complexity index is 578. The molecule has 0 spiro atoms. The van der Waals surface area contributed by atoms with Crippen molar-refractivity contribution in [2.75, 3.05) is 6.54 Å². The zero-order chi connectivity index (χ0) is 15.2. The van der Waals surface area contributed by atoms with Crippen molar-refractivity contribution in [1.29, 1.82) is 0 Å². The summed E-state index contributed by atoms with van der Waals surface area (Å²) in [6.07, 6.45) is 0. The highest BCUT2D eigenvalue weighted by molar-refractivity contribution is 7.99. The summed E-state index contributed by atoms with van der Waals surface area (Å²) in [5, 5.41) is 3.49. The van der Waals surface area contributed by atoms with Crippen molar-refractivity contribution < 1.29 is 4.39 Å². The van der Waals surface area contributed by atoms with E-state index in [4.69, 9.17) is 0 Å². The second-order valence-corrected chi connectivity index (χ2v) is 6.81. The molecule has 0 aliphatic carbocycles. The minimum Gasteiger partial charge on any atom is -0.312 e. The van der Waals surface area contributed by atoms with Gasteiger partial charge in [-0.3, -0.25) is 0 Å². The Kier molecular flexibility index (Phi) is 5.83. The van der Waals surface area contributed by atoms with E-state index in [1.807, 2.05) is 12.1 Å². The number of aryl methyl sites for hydroxylation is 1. The molecule has 0 unspecified atom stereocenters. The van der Waals surface area contributed by atoms with Gasteiger partial charge in [-0.25, -0.2) is 4.39 Å². The summed E-state index contributed by atoms with van der Waals surface area (Å²) < 4.78 is 13.0. The van der Waals surface area contributed by atoms with Gasteiger partial charge in [0.05, 0.1) is 0 Å². The van der Waals surface area contributed by atoms with Gasteiger partial charge < -0.3 is 5.32 Å². The average Bonchev–Trinajstić information content (AvgIpc) is 2.43. The van der Waals surface area contributed by atoms with Crippen LogP contribution in [0.15, 0.2) is 52.3 Å². The molecule has 2 aromatic carbocycles. The van der Waals surface area contributed by atoms with Gasteiger partial charge in [0.15, 0.2) is 0 Å². The quantitative estimate of drug-likeness (QED) is 0.803. The summed E-state index contributed by atoms with van der Waals surface area (Å²) in [4.78, 5) is 2.29. The summed E-state index contributed by atoms with van der Waals surface area (Å²) >= 11 is 1.68. The molecule has 3 heteroatoms. The molecule has 0 radical (unpaired) electrons. The Morgan fingerprint density at radius 1 is 1.10 bits per heavy atom. The summed E-state index contributed by atoms with van der Waals surface area (Å²) in [6.45, 7) is 8.39. The molecule has 21 heavy (non-hydrogen) atoms. The van der Waals surface area contributed by atoms with Gasteiger partial charge in [-0.05, 0) is 55.3 Å². The third kappa shape index (κ3) is 5.18. The summed E-state index contributed by atoms with van der Waals surface area (Å²) in [7, 11) is 0. The van der Waals surface area contributed by atoms with Crippen LogP contribution < -0.4 is 5.32 Å². The van der Waals surface area contributed by atoms with Gasteiger partial charge >= 0.3 is 0 Å². The predicted molar refractivity (Wildman–Crippen MR) is 88.2 cm³/mol. The van der Waals surface area contributed by atoms with Gasteiger partial charge in [-0.2, -0.15) is 0 Å². The second kappa shape index (κ2) is 7.62. The standard InChI is InChI=1S/C18H22FNS/c1-13(2)11-20-12-15-10-14(3)4-9-18(15)21-17-7-5-16(19)6-8-17/h4-10,13,20H,11-12H2,1-3H3. The molecule has 0 fully saturated rings. The molecule has 0 heterocycles. The van der Waals surface area contributed by atoms with E-state index in [1.165, 1.54) is 28.2 Å². The van der Waals surface area contributed by atoms with Crippen LogP contribution >= 0.6 is 11.8 Å². The first-order valence-electron chi connectivity index (χ1n) is 7.28. The molecule has 0 saturated carbocycles. The number of halogens is 1. The molecule has 1 N–H and O–H groups in total. The molecule has 2 rings (SSSR count). The maximum atomic E-state index is 13.0. The van der Waals surface area contributed by atoms with Crippen molar-refractivity contribution in [3.8, 4) is 0 Å². The van der Waals surface area contributed by atoms with Crippen LogP contribution in [0.4, 0.5) is 4.39 Å². The van der Waals surface area contributed by atoms with E-state index in [0.29, 0.717) is 5.92 Å². The fourth-order valence-electron chi connectivity index (χ4n) is 2.07. The first-order valence-corrected chi connectivity index (χ1v) is 8.10. The average molecular weight is 303 g/mol. The van der Waals surface area contributed by atoms with Crippen LogP contribution in [0.25, 0.3) is 0 Å². The smallest absolute Gasteiger partial charge is 0.123 e. The molecule has 0 amide bonds. The van der Waals surface area contributed by atoms with Gasteiger partial charge in [0.25, 0.3) is 0 Å². The van der Waals surface area contributed by atoms with Crippen LogP contribution in [0, 0.1) is 18.7 Å². The summed E-state index contributed by atoms with van der Waals surface area (Å²) in [6, 6.07) is 13.2. The van der Waals surface area contributed by atoms with Crippen LogP contribution in [0.3, 0.4) is 0 Å². The van der Waals surface area contributed by atoms with Crippen LogP contribution in [0.1, 0.15) is 25.0 Å². The highest BCUT2D eigenvalue weighted by atomic mass is 32.2. The van der Waals surface area contributed by atoms with Crippen LogP contribution in [0.2, 0.25) is 0 Å². The zero-order valence-electron chi connectivity index (χ0n) is 12.8. The van der Waals surface area contributed by atoms with Crippen LogP contribution in [-0.4, -0.2) is 6.54 Å². The molecule has 0 bridgehead atoms. The lowest BCUT2D eigenvalue weighted by molar-refractivity contribution is 0.550. The van der Waals surface area contributed by atoms with Crippen molar-refractivity contribution >= 4 is 11.8 Å². The minimum atomic E-state index is -0.193. The largest absolute Gasteiger partial charge is 0.312 e. The Morgan fingerprint density at radius 2 is 1.81 bits per heavy atom. The third-order valence-electron chi connectivity index (χ3n) is 3.13. The third-order valence-corrected chi connectivity index (χ3v) is 4.25. The van der Waals surface area contributed by atoms with Gasteiger partial charge in [0, 0.05) is 16.3 Å².